The fourth-order valence-corrected chi connectivity index (χ4v) is 4.87. The van der Waals surface area contributed by atoms with E-state index in [-0.39, 0.29) is 17.3 Å². The lowest BCUT2D eigenvalue weighted by atomic mass is 10.0. The standard InChI is InChI=1S/C25H28N2O4S/c1-17-13-18(2)24(19(3)14-17)26-25(28)20-11-12-23(31-5)21(15-20)16-27(4)32(29,30)22-9-7-6-8-10-22/h6-15H,16H2,1-5H3,(H,26,28). The first-order valence-electron chi connectivity index (χ1n) is 10.2. The van der Waals surface area contributed by atoms with Crippen molar-refractivity contribution in [1.29, 1.82) is 0 Å². The molecule has 0 aliphatic rings. The second kappa shape index (κ2) is 9.54. The maximum atomic E-state index is 13.0. The number of hydrogen-bond donors (Lipinski definition) is 1. The second-order valence-electron chi connectivity index (χ2n) is 7.83. The van der Waals surface area contributed by atoms with Gasteiger partial charge < -0.3 is 10.1 Å². The minimum absolute atomic E-state index is 0.0596. The lowest BCUT2D eigenvalue weighted by Gasteiger charge is -2.19. The molecule has 0 aromatic heterocycles. The summed E-state index contributed by atoms with van der Waals surface area (Å²) in [4.78, 5) is 13.2. The molecule has 1 N–H and O–H groups in total. The largest absolute Gasteiger partial charge is 0.496 e. The Labute approximate surface area is 189 Å². The van der Waals surface area contributed by atoms with Crippen molar-refractivity contribution in [2.45, 2.75) is 32.2 Å². The fourth-order valence-electron chi connectivity index (χ4n) is 3.70. The number of ether oxygens (including phenoxy) is 1. The van der Waals surface area contributed by atoms with Gasteiger partial charge in [-0.1, -0.05) is 35.9 Å². The number of hydrogen-bond acceptors (Lipinski definition) is 4. The number of rotatable bonds is 7. The maximum Gasteiger partial charge on any atom is 0.255 e. The summed E-state index contributed by atoms with van der Waals surface area (Å²) in [5.74, 6) is 0.247. The predicted molar refractivity (Wildman–Crippen MR) is 127 cm³/mol. The van der Waals surface area contributed by atoms with Crippen LogP contribution in [-0.4, -0.2) is 32.8 Å². The Balaban J connectivity index is 1.88. The van der Waals surface area contributed by atoms with Crippen LogP contribution in [0.2, 0.25) is 0 Å². The molecule has 0 radical (unpaired) electrons. The van der Waals surface area contributed by atoms with Crippen LogP contribution in [0.3, 0.4) is 0 Å². The Morgan fingerprint density at radius 1 is 0.969 bits per heavy atom. The lowest BCUT2D eigenvalue weighted by molar-refractivity contribution is 0.102. The molecule has 3 aromatic carbocycles. The Morgan fingerprint density at radius 2 is 1.59 bits per heavy atom. The number of amides is 1. The van der Waals surface area contributed by atoms with Crippen LogP contribution in [0.4, 0.5) is 5.69 Å². The number of nitrogens with zero attached hydrogens (tertiary/aromatic N) is 1. The Kier molecular flexibility index (Phi) is 7.01. The number of anilines is 1. The number of aryl methyl sites for hydroxylation is 3. The summed E-state index contributed by atoms with van der Waals surface area (Å²) in [5.41, 5.74) is 4.90. The van der Waals surface area contributed by atoms with Crippen molar-refractivity contribution in [3.63, 3.8) is 0 Å². The van der Waals surface area contributed by atoms with E-state index >= 15 is 0 Å². The number of carbonyl (C=O) groups is 1. The molecular weight excluding hydrogens is 424 g/mol. The molecule has 0 aliphatic carbocycles. The van der Waals surface area contributed by atoms with E-state index in [4.69, 9.17) is 4.74 Å². The highest BCUT2D eigenvalue weighted by Crippen LogP contribution is 2.26. The van der Waals surface area contributed by atoms with E-state index in [0.29, 0.717) is 16.9 Å². The summed E-state index contributed by atoms with van der Waals surface area (Å²) < 4.78 is 32.5. The topological polar surface area (TPSA) is 75.7 Å². The van der Waals surface area contributed by atoms with Crippen LogP contribution >= 0.6 is 0 Å². The molecule has 3 aromatic rings. The monoisotopic (exact) mass is 452 g/mol. The van der Waals surface area contributed by atoms with Gasteiger partial charge in [-0.3, -0.25) is 4.79 Å². The third-order valence-electron chi connectivity index (χ3n) is 5.30. The van der Waals surface area contributed by atoms with Gasteiger partial charge >= 0.3 is 0 Å². The van der Waals surface area contributed by atoms with Crippen molar-refractivity contribution in [3.05, 3.63) is 88.5 Å². The van der Waals surface area contributed by atoms with E-state index in [1.54, 1.807) is 48.5 Å². The minimum atomic E-state index is -3.68. The smallest absolute Gasteiger partial charge is 0.255 e. The molecule has 0 heterocycles. The average molecular weight is 453 g/mol. The lowest BCUT2D eigenvalue weighted by Crippen LogP contribution is -2.27. The molecule has 1 amide bonds. The van der Waals surface area contributed by atoms with Crippen molar-refractivity contribution in [1.82, 2.24) is 4.31 Å². The summed E-state index contributed by atoms with van der Waals surface area (Å²) in [6.45, 7) is 5.99. The van der Waals surface area contributed by atoms with Gasteiger partial charge in [0.25, 0.3) is 5.91 Å². The number of carbonyl (C=O) groups excluding carboxylic acids is 1. The summed E-state index contributed by atoms with van der Waals surface area (Å²) in [5, 5.41) is 2.98. The Hall–Kier alpha value is -3.16. The van der Waals surface area contributed by atoms with Crippen LogP contribution in [0.15, 0.2) is 65.6 Å². The zero-order chi connectivity index (χ0) is 23.5. The molecule has 0 fully saturated rings. The van der Waals surface area contributed by atoms with E-state index in [1.165, 1.54) is 18.5 Å². The first-order valence-corrected chi connectivity index (χ1v) is 11.6. The van der Waals surface area contributed by atoms with Crippen molar-refractivity contribution >= 4 is 21.6 Å². The summed E-state index contributed by atoms with van der Waals surface area (Å²) >= 11 is 0. The highest BCUT2D eigenvalue weighted by atomic mass is 32.2. The minimum Gasteiger partial charge on any atom is -0.496 e. The molecule has 0 saturated heterocycles. The van der Waals surface area contributed by atoms with Crippen molar-refractivity contribution in [2.75, 3.05) is 19.5 Å². The van der Waals surface area contributed by atoms with E-state index in [0.717, 1.165) is 22.4 Å². The quantitative estimate of drug-likeness (QED) is 0.564. The molecule has 168 valence electrons. The molecule has 6 nitrogen and oxygen atoms in total. The van der Waals surface area contributed by atoms with Crippen LogP contribution in [0.25, 0.3) is 0 Å². The van der Waals surface area contributed by atoms with Gasteiger partial charge in [-0.15, -0.1) is 0 Å². The summed E-state index contributed by atoms with van der Waals surface area (Å²) in [6.07, 6.45) is 0. The second-order valence-corrected chi connectivity index (χ2v) is 9.87. The molecule has 0 spiro atoms. The van der Waals surface area contributed by atoms with E-state index < -0.39 is 10.0 Å². The van der Waals surface area contributed by atoms with E-state index in [9.17, 15) is 13.2 Å². The van der Waals surface area contributed by atoms with Gasteiger partial charge in [-0.05, 0) is 62.2 Å². The average Bonchev–Trinajstić information content (AvgIpc) is 2.76. The Morgan fingerprint density at radius 3 is 2.19 bits per heavy atom. The Bertz CT molecular complexity index is 1220. The van der Waals surface area contributed by atoms with Crippen LogP contribution < -0.4 is 10.1 Å². The molecule has 0 bridgehead atoms. The van der Waals surface area contributed by atoms with E-state index in [2.05, 4.69) is 5.32 Å². The molecule has 7 heteroatoms. The predicted octanol–water partition coefficient (Wildman–Crippen LogP) is 4.69. The van der Waals surface area contributed by atoms with Gasteiger partial charge in [0.05, 0.1) is 12.0 Å². The normalized spacial score (nSPS) is 11.4. The number of methoxy groups -OCH3 is 1. The molecule has 0 atom stereocenters. The molecule has 0 aliphatic heterocycles. The summed E-state index contributed by atoms with van der Waals surface area (Å²) in [7, 11) is -0.657. The maximum absolute atomic E-state index is 13.0. The zero-order valence-corrected chi connectivity index (χ0v) is 19.8. The molecule has 3 rings (SSSR count). The van der Waals surface area contributed by atoms with Crippen LogP contribution in [0.5, 0.6) is 5.75 Å². The van der Waals surface area contributed by atoms with E-state index in [1.807, 2.05) is 32.9 Å². The fraction of sp³-hybridized carbons (Fsp3) is 0.240. The first kappa shape index (κ1) is 23.5. The van der Waals surface area contributed by atoms with Crippen molar-refractivity contribution in [2.24, 2.45) is 0 Å². The van der Waals surface area contributed by atoms with Gasteiger partial charge in [-0.2, -0.15) is 4.31 Å². The zero-order valence-electron chi connectivity index (χ0n) is 19.0. The van der Waals surface area contributed by atoms with Crippen LogP contribution in [-0.2, 0) is 16.6 Å². The molecule has 0 saturated carbocycles. The van der Waals surface area contributed by atoms with Crippen molar-refractivity contribution < 1.29 is 17.9 Å². The van der Waals surface area contributed by atoms with Gasteiger partial charge in [-0.25, -0.2) is 8.42 Å². The van der Waals surface area contributed by atoms with Gasteiger partial charge in [0.2, 0.25) is 10.0 Å². The van der Waals surface area contributed by atoms with Crippen LogP contribution in [0, 0.1) is 20.8 Å². The third kappa shape index (κ3) is 5.00. The van der Waals surface area contributed by atoms with Gasteiger partial charge in [0, 0.05) is 30.4 Å². The summed E-state index contributed by atoms with van der Waals surface area (Å²) in [6, 6.07) is 17.3. The molecule has 0 unspecified atom stereocenters. The SMILES string of the molecule is COc1ccc(C(=O)Nc2c(C)cc(C)cc2C)cc1CN(C)S(=O)(=O)c1ccccc1. The number of nitrogens with one attached hydrogen (secondary N) is 1. The highest BCUT2D eigenvalue weighted by Gasteiger charge is 2.22. The van der Waals surface area contributed by atoms with Gasteiger partial charge in [0.1, 0.15) is 5.75 Å². The third-order valence-corrected chi connectivity index (χ3v) is 7.12. The first-order chi connectivity index (χ1) is 15.1. The van der Waals surface area contributed by atoms with Crippen LogP contribution in [0.1, 0.15) is 32.6 Å². The number of sulfonamides is 1. The van der Waals surface area contributed by atoms with Crippen molar-refractivity contribution in [3.8, 4) is 5.75 Å². The van der Waals surface area contributed by atoms with Gasteiger partial charge in [0.15, 0.2) is 0 Å². The number of benzene rings is 3. The molecule has 32 heavy (non-hydrogen) atoms. The highest BCUT2D eigenvalue weighted by molar-refractivity contribution is 7.89. The molecular formula is C25H28N2O4S.